The van der Waals surface area contributed by atoms with E-state index in [2.05, 4.69) is 21.0 Å². The van der Waals surface area contributed by atoms with Gasteiger partial charge >= 0.3 is 0 Å². The number of nitrogens with two attached hydrogens (primary N) is 1. The first kappa shape index (κ1) is 9.74. The van der Waals surface area contributed by atoms with Crippen LogP contribution in [0, 0.1) is 0 Å². The molecule has 0 aliphatic heterocycles. The largest absolute Gasteiger partial charge is 0.330 e. The Hall–Kier alpha value is -0.350. The van der Waals surface area contributed by atoms with Gasteiger partial charge < -0.3 is 5.73 Å². The van der Waals surface area contributed by atoms with E-state index in [4.69, 9.17) is 5.73 Å². The molecule has 4 heteroatoms. The van der Waals surface area contributed by atoms with Crippen LogP contribution in [0.3, 0.4) is 0 Å². The fraction of sp³-hybridized carbons (Fsp3) is 0.625. The van der Waals surface area contributed by atoms with E-state index < -0.39 is 0 Å². The van der Waals surface area contributed by atoms with Crippen molar-refractivity contribution in [1.29, 1.82) is 0 Å². The molecule has 0 amide bonds. The maximum Gasteiger partial charge on any atom is 0.0632 e. The van der Waals surface area contributed by atoms with E-state index in [1.165, 1.54) is 6.42 Å². The fourth-order valence-corrected chi connectivity index (χ4v) is 1.38. The van der Waals surface area contributed by atoms with Crippen molar-refractivity contribution < 1.29 is 0 Å². The predicted molar refractivity (Wildman–Crippen MR) is 52.8 cm³/mol. The first-order chi connectivity index (χ1) is 5.83. The van der Waals surface area contributed by atoms with Crippen LogP contribution in [0.1, 0.15) is 19.3 Å². The molecule has 0 aromatic carbocycles. The summed E-state index contributed by atoms with van der Waals surface area (Å²) >= 11 is 3.35. The molecular formula is C8H14BrN3. The molecule has 0 unspecified atom stereocenters. The molecule has 0 fully saturated rings. The van der Waals surface area contributed by atoms with Crippen molar-refractivity contribution in [1.82, 2.24) is 9.78 Å². The Kier molecular flexibility index (Phi) is 4.32. The first-order valence-corrected chi connectivity index (χ1v) is 5.00. The average Bonchev–Trinajstić information content (AvgIpc) is 2.45. The maximum atomic E-state index is 5.38. The molecule has 0 saturated carbocycles. The summed E-state index contributed by atoms with van der Waals surface area (Å²) < 4.78 is 2.99. The molecular weight excluding hydrogens is 218 g/mol. The lowest BCUT2D eigenvalue weighted by molar-refractivity contribution is 0.546. The zero-order valence-electron chi connectivity index (χ0n) is 7.04. The summed E-state index contributed by atoms with van der Waals surface area (Å²) in [7, 11) is 0. The third-order valence-electron chi connectivity index (χ3n) is 1.69. The van der Waals surface area contributed by atoms with Gasteiger partial charge in [-0.15, -0.1) is 0 Å². The van der Waals surface area contributed by atoms with Gasteiger partial charge in [0, 0.05) is 12.7 Å². The molecule has 0 aliphatic rings. The number of hydrogen-bond donors (Lipinski definition) is 1. The lowest BCUT2D eigenvalue weighted by Crippen LogP contribution is -2.01. The van der Waals surface area contributed by atoms with E-state index in [0.29, 0.717) is 0 Å². The van der Waals surface area contributed by atoms with Crippen LogP contribution >= 0.6 is 15.9 Å². The van der Waals surface area contributed by atoms with Gasteiger partial charge in [0.05, 0.1) is 10.7 Å². The molecule has 0 spiro atoms. The molecule has 1 aromatic heterocycles. The summed E-state index contributed by atoms with van der Waals surface area (Å²) in [5.74, 6) is 0. The van der Waals surface area contributed by atoms with E-state index in [0.717, 1.165) is 30.4 Å². The maximum absolute atomic E-state index is 5.38. The van der Waals surface area contributed by atoms with Gasteiger partial charge in [-0.2, -0.15) is 5.10 Å². The molecule has 0 atom stereocenters. The summed E-state index contributed by atoms with van der Waals surface area (Å²) in [6.45, 7) is 1.79. The number of aromatic nitrogens is 2. The Morgan fingerprint density at radius 3 is 2.83 bits per heavy atom. The van der Waals surface area contributed by atoms with Gasteiger partial charge in [0.1, 0.15) is 0 Å². The van der Waals surface area contributed by atoms with Crippen molar-refractivity contribution in [3.05, 3.63) is 16.9 Å². The molecule has 12 heavy (non-hydrogen) atoms. The average molecular weight is 232 g/mol. The van der Waals surface area contributed by atoms with Gasteiger partial charge in [0.15, 0.2) is 0 Å². The lowest BCUT2D eigenvalue weighted by atomic mass is 10.2. The second-order valence-corrected chi connectivity index (χ2v) is 3.69. The van der Waals surface area contributed by atoms with Gasteiger partial charge in [0.25, 0.3) is 0 Å². The van der Waals surface area contributed by atoms with Crippen molar-refractivity contribution in [3.8, 4) is 0 Å². The quantitative estimate of drug-likeness (QED) is 0.786. The van der Waals surface area contributed by atoms with E-state index in [1.54, 1.807) is 0 Å². The molecule has 2 N–H and O–H groups in total. The molecule has 0 saturated heterocycles. The minimum absolute atomic E-state index is 0.794. The highest BCUT2D eigenvalue weighted by molar-refractivity contribution is 9.10. The number of nitrogens with zero attached hydrogens (tertiary/aromatic N) is 2. The van der Waals surface area contributed by atoms with E-state index in [-0.39, 0.29) is 0 Å². The standard InChI is InChI=1S/C8H14BrN3/c9-8-6-11-12(7-8)5-3-1-2-4-10/h6-7H,1-5,10H2. The summed E-state index contributed by atoms with van der Waals surface area (Å²) in [4.78, 5) is 0. The Morgan fingerprint density at radius 2 is 2.25 bits per heavy atom. The van der Waals surface area contributed by atoms with Crippen LogP contribution < -0.4 is 5.73 Å². The summed E-state index contributed by atoms with van der Waals surface area (Å²) in [6.07, 6.45) is 7.26. The van der Waals surface area contributed by atoms with Crippen molar-refractivity contribution in [3.63, 3.8) is 0 Å². The van der Waals surface area contributed by atoms with Crippen LogP contribution in [0.25, 0.3) is 0 Å². The number of halogens is 1. The van der Waals surface area contributed by atoms with Crippen molar-refractivity contribution >= 4 is 15.9 Å². The zero-order chi connectivity index (χ0) is 8.81. The Bertz CT molecular complexity index is 222. The monoisotopic (exact) mass is 231 g/mol. The highest BCUT2D eigenvalue weighted by Gasteiger charge is 1.93. The Labute approximate surface area is 81.1 Å². The summed E-state index contributed by atoms with van der Waals surface area (Å²) in [5.41, 5.74) is 5.38. The third kappa shape index (κ3) is 3.36. The molecule has 0 radical (unpaired) electrons. The first-order valence-electron chi connectivity index (χ1n) is 4.21. The number of rotatable bonds is 5. The molecule has 68 valence electrons. The van der Waals surface area contributed by atoms with Crippen LogP contribution in [0.2, 0.25) is 0 Å². The lowest BCUT2D eigenvalue weighted by Gasteiger charge is -1.99. The summed E-state index contributed by atoms with van der Waals surface area (Å²) in [6, 6.07) is 0. The highest BCUT2D eigenvalue weighted by Crippen LogP contribution is 2.07. The SMILES string of the molecule is NCCCCCn1cc(Br)cn1. The van der Waals surface area contributed by atoms with Crippen LogP contribution in [-0.2, 0) is 6.54 Å². The van der Waals surface area contributed by atoms with Crippen LogP contribution in [-0.4, -0.2) is 16.3 Å². The third-order valence-corrected chi connectivity index (χ3v) is 2.10. The van der Waals surface area contributed by atoms with Crippen molar-refractivity contribution in [2.45, 2.75) is 25.8 Å². The second kappa shape index (κ2) is 5.32. The van der Waals surface area contributed by atoms with E-state index >= 15 is 0 Å². The number of aryl methyl sites for hydroxylation is 1. The predicted octanol–water partition coefficient (Wildman–Crippen LogP) is 1.77. The Morgan fingerprint density at radius 1 is 1.42 bits per heavy atom. The van der Waals surface area contributed by atoms with Crippen molar-refractivity contribution in [2.24, 2.45) is 5.73 Å². The zero-order valence-corrected chi connectivity index (χ0v) is 8.63. The fourth-order valence-electron chi connectivity index (χ4n) is 1.06. The van der Waals surface area contributed by atoms with Gasteiger partial charge in [-0.25, -0.2) is 0 Å². The van der Waals surface area contributed by atoms with E-state index in [1.807, 2.05) is 17.1 Å². The molecule has 1 aromatic rings. The highest BCUT2D eigenvalue weighted by atomic mass is 79.9. The van der Waals surface area contributed by atoms with E-state index in [9.17, 15) is 0 Å². The summed E-state index contributed by atoms with van der Waals surface area (Å²) in [5, 5.41) is 4.15. The molecule has 0 aliphatic carbocycles. The van der Waals surface area contributed by atoms with Gasteiger partial charge in [-0.1, -0.05) is 6.42 Å². The molecule has 1 rings (SSSR count). The van der Waals surface area contributed by atoms with Gasteiger partial charge in [0.2, 0.25) is 0 Å². The molecule has 3 nitrogen and oxygen atoms in total. The normalized spacial score (nSPS) is 10.5. The number of unbranched alkanes of at least 4 members (excludes halogenated alkanes) is 2. The van der Waals surface area contributed by atoms with Gasteiger partial charge in [-0.3, -0.25) is 4.68 Å². The second-order valence-electron chi connectivity index (χ2n) is 2.77. The molecule has 0 bridgehead atoms. The minimum Gasteiger partial charge on any atom is -0.330 e. The van der Waals surface area contributed by atoms with Crippen LogP contribution in [0.5, 0.6) is 0 Å². The minimum atomic E-state index is 0.794. The molecule has 1 heterocycles. The topological polar surface area (TPSA) is 43.8 Å². The van der Waals surface area contributed by atoms with Crippen LogP contribution in [0.15, 0.2) is 16.9 Å². The van der Waals surface area contributed by atoms with Crippen molar-refractivity contribution in [2.75, 3.05) is 6.54 Å². The van der Waals surface area contributed by atoms with Crippen LogP contribution in [0.4, 0.5) is 0 Å². The Balaban J connectivity index is 2.15. The van der Waals surface area contributed by atoms with Gasteiger partial charge in [-0.05, 0) is 35.3 Å². The number of hydrogen-bond acceptors (Lipinski definition) is 2. The smallest absolute Gasteiger partial charge is 0.0632 e.